The SMILES string of the molecule is CCCCOC(=O)C(C(C)C(F)(F)F)C(C)(C)C. The zero-order valence-electron chi connectivity index (χ0n) is 11.7. The quantitative estimate of drug-likeness (QED) is 0.552. The molecule has 0 bridgehead atoms. The number of esters is 1. The highest BCUT2D eigenvalue weighted by Gasteiger charge is 2.49. The molecule has 0 aliphatic carbocycles. The molecule has 0 aromatic carbocycles. The minimum atomic E-state index is -4.39. The van der Waals surface area contributed by atoms with Crippen molar-refractivity contribution >= 4 is 5.97 Å². The van der Waals surface area contributed by atoms with Crippen molar-refractivity contribution in [3.8, 4) is 0 Å². The van der Waals surface area contributed by atoms with Crippen molar-refractivity contribution in [1.82, 2.24) is 0 Å². The minimum Gasteiger partial charge on any atom is -0.465 e. The van der Waals surface area contributed by atoms with Crippen LogP contribution < -0.4 is 0 Å². The van der Waals surface area contributed by atoms with E-state index < -0.39 is 29.4 Å². The van der Waals surface area contributed by atoms with Crippen molar-refractivity contribution < 1.29 is 22.7 Å². The molecule has 0 spiro atoms. The first-order valence-electron chi connectivity index (χ1n) is 6.25. The molecule has 0 amide bonds. The molecule has 0 aromatic heterocycles. The molecule has 0 aliphatic heterocycles. The average Bonchev–Trinajstić information content (AvgIpc) is 2.14. The third kappa shape index (κ3) is 5.27. The molecule has 18 heavy (non-hydrogen) atoms. The Bertz CT molecular complexity index is 266. The standard InChI is InChI=1S/C13H23F3O2/c1-6-7-8-18-11(17)10(12(3,4)5)9(2)13(14,15)16/h9-10H,6-8H2,1-5H3. The average molecular weight is 268 g/mol. The van der Waals surface area contributed by atoms with Crippen LogP contribution in [0.4, 0.5) is 13.2 Å². The van der Waals surface area contributed by atoms with Gasteiger partial charge in [-0.2, -0.15) is 13.2 Å². The van der Waals surface area contributed by atoms with E-state index in [0.29, 0.717) is 6.42 Å². The molecular formula is C13H23F3O2. The van der Waals surface area contributed by atoms with Gasteiger partial charge in [-0.15, -0.1) is 0 Å². The molecule has 2 atom stereocenters. The van der Waals surface area contributed by atoms with Gasteiger partial charge in [-0.1, -0.05) is 41.0 Å². The van der Waals surface area contributed by atoms with E-state index in [2.05, 4.69) is 0 Å². The van der Waals surface area contributed by atoms with Crippen LogP contribution in [0.25, 0.3) is 0 Å². The van der Waals surface area contributed by atoms with Crippen LogP contribution in [0.3, 0.4) is 0 Å². The number of alkyl halides is 3. The van der Waals surface area contributed by atoms with E-state index >= 15 is 0 Å². The van der Waals surface area contributed by atoms with Gasteiger partial charge in [0.2, 0.25) is 0 Å². The van der Waals surface area contributed by atoms with Crippen LogP contribution >= 0.6 is 0 Å². The molecular weight excluding hydrogens is 245 g/mol. The highest BCUT2D eigenvalue weighted by atomic mass is 19.4. The van der Waals surface area contributed by atoms with Gasteiger partial charge >= 0.3 is 12.1 Å². The maximum absolute atomic E-state index is 12.8. The number of halogens is 3. The lowest BCUT2D eigenvalue weighted by Gasteiger charge is -2.34. The summed E-state index contributed by atoms with van der Waals surface area (Å²) in [4.78, 5) is 11.8. The maximum atomic E-state index is 12.8. The zero-order valence-corrected chi connectivity index (χ0v) is 11.7. The van der Waals surface area contributed by atoms with Crippen LogP contribution in [0, 0.1) is 17.3 Å². The largest absolute Gasteiger partial charge is 0.465 e. The van der Waals surface area contributed by atoms with Gasteiger partial charge in [0.15, 0.2) is 0 Å². The third-order valence-electron chi connectivity index (χ3n) is 2.95. The Morgan fingerprint density at radius 2 is 1.72 bits per heavy atom. The lowest BCUT2D eigenvalue weighted by Crippen LogP contribution is -2.41. The highest BCUT2D eigenvalue weighted by Crippen LogP contribution is 2.41. The molecule has 0 fully saturated rings. The van der Waals surface area contributed by atoms with Crippen molar-refractivity contribution in [1.29, 1.82) is 0 Å². The summed E-state index contributed by atoms with van der Waals surface area (Å²) >= 11 is 0. The summed E-state index contributed by atoms with van der Waals surface area (Å²) in [6.45, 7) is 8.03. The van der Waals surface area contributed by atoms with E-state index in [1.165, 1.54) is 0 Å². The van der Waals surface area contributed by atoms with Gasteiger partial charge in [0, 0.05) is 0 Å². The number of hydrogen-bond acceptors (Lipinski definition) is 2. The number of carbonyl (C=O) groups is 1. The fraction of sp³-hybridized carbons (Fsp3) is 0.923. The maximum Gasteiger partial charge on any atom is 0.392 e. The number of carbonyl (C=O) groups excluding carboxylic acids is 1. The highest BCUT2D eigenvalue weighted by molar-refractivity contribution is 5.73. The molecule has 0 aromatic rings. The normalized spacial score (nSPS) is 16.2. The van der Waals surface area contributed by atoms with E-state index in [1.54, 1.807) is 20.8 Å². The van der Waals surface area contributed by atoms with Gasteiger partial charge in [-0.25, -0.2) is 0 Å². The van der Waals surface area contributed by atoms with Crippen molar-refractivity contribution in [2.24, 2.45) is 17.3 Å². The van der Waals surface area contributed by atoms with E-state index in [1.807, 2.05) is 6.92 Å². The zero-order chi connectivity index (χ0) is 14.6. The lowest BCUT2D eigenvalue weighted by atomic mass is 9.73. The van der Waals surface area contributed by atoms with Crippen molar-refractivity contribution in [3.63, 3.8) is 0 Å². The van der Waals surface area contributed by atoms with Crippen LogP contribution in [0.1, 0.15) is 47.5 Å². The van der Waals surface area contributed by atoms with E-state index in [-0.39, 0.29) is 6.61 Å². The number of ether oxygens (including phenoxy) is 1. The molecule has 0 aliphatic rings. The van der Waals surface area contributed by atoms with E-state index in [0.717, 1.165) is 13.3 Å². The second kappa shape index (κ2) is 6.43. The third-order valence-corrected chi connectivity index (χ3v) is 2.95. The molecule has 2 unspecified atom stereocenters. The smallest absolute Gasteiger partial charge is 0.392 e. The summed E-state index contributed by atoms with van der Waals surface area (Å²) in [5, 5.41) is 0. The minimum absolute atomic E-state index is 0.187. The molecule has 0 heterocycles. The first-order chi connectivity index (χ1) is 8.01. The molecule has 0 N–H and O–H groups in total. The fourth-order valence-electron chi connectivity index (χ4n) is 1.90. The fourth-order valence-corrected chi connectivity index (χ4v) is 1.90. The second-order valence-electron chi connectivity index (χ2n) is 5.70. The molecule has 0 saturated heterocycles. The second-order valence-corrected chi connectivity index (χ2v) is 5.70. The first-order valence-corrected chi connectivity index (χ1v) is 6.25. The molecule has 0 saturated carbocycles. The summed E-state index contributed by atoms with van der Waals surface area (Å²) in [5.74, 6) is -3.62. The lowest BCUT2D eigenvalue weighted by molar-refractivity contribution is -0.204. The van der Waals surface area contributed by atoms with Crippen molar-refractivity contribution in [2.75, 3.05) is 6.61 Å². The predicted molar refractivity (Wildman–Crippen MR) is 64.0 cm³/mol. The summed E-state index contributed by atoms with van der Waals surface area (Å²) in [6.07, 6.45) is -2.88. The topological polar surface area (TPSA) is 26.3 Å². The molecule has 5 heteroatoms. The number of rotatable bonds is 5. The van der Waals surface area contributed by atoms with Crippen LogP contribution in [-0.4, -0.2) is 18.8 Å². The predicted octanol–water partition coefficient (Wildman–Crippen LogP) is 4.19. The summed E-state index contributed by atoms with van der Waals surface area (Å²) < 4.78 is 43.3. The Labute approximate surface area is 107 Å². The van der Waals surface area contributed by atoms with Crippen molar-refractivity contribution in [2.45, 2.75) is 53.6 Å². The monoisotopic (exact) mass is 268 g/mol. The Morgan fingerprint density at radius 1 is 1.22 bits per heavy atom. The van der Waals surface area contributed by atoms with Gasteiger partial charge in [0.05, 0.1) is 18.4 Å². The molecule has 0 rings (SSSR count). The Balaban J connectivity index is 4.86. The molecule has 0 radical (unpaired) electrons. The van der Waals surface area contributed by atoms with Gasteiger partial charge in [0.25, 0.3) is 0 Å². The summed E-state index contributed by atoms with van der Waals surface area (Å²) in [5.41, 5.74) is -0.780. The van der Waals surface area contributed by atoms with Crippen LogP contribution in [0.2, 0.25) is 0 Å². The van der Waals surface area contributed by atoms with Crippen LogP contribution in [-0.2, 0) is 9.53 Å². The Kier molecular flexibility index (Phi) is 6.17. The van der Waals surface area contributed by atoms with Gasteiger partial charge in [0.1, 0.15) is 0 Å². The number of unbranched alkanes of at least 4 members (excludes halogenated alkanes) is 1. The van der Waals surface area contributed by atoms with E-state index in [4.69, 9.17) is 4.74 Å². The van der Waals surface area contributed by atoms with Gasteiger partial charge in [-0.3, -0.25) is 4.79 Å². The number of hydrogen-bond donors (Lipinski definition) is 0. The Hall–Kier alpha value is -0.740. The molecule has 108 valence electrons. The van der Waals surface area contributed by atoms with E-state index in [9.17, 15) is 18.0 Å². The summed E-state index contributed by atoms with van der Waals surface area (Å²) in [6, 6.07) is 0. The van der Waals surface area contributed by atoms with Crippen LogP contribution in [0.5, 0.6) is 0 Å². The van der Waals surface area contributed by atoms with Gasteiger partial charge in [-0.05, 0) is 11.8 Å². The van der Waals surface area contributed by atoms with Gasteiger partial charge < -0.3 is 4.74 Å². The summed E-state index contributed by atoms with van der Waals surface area (Å²) in [7, 11) is 0. The van der Waals surface area contributed by atoms with Crippen LogP contribution in [0.15, 0.2) is 0 Å². The molecule has 2 nitrogen and oxygen atoms in total. The first kappa shape index (κ1) is 17.3. The Morgan fingerprint density at radius 3 is 2.06 bits per heavy atom. The van der Waals surface area contributed by atoms with Crippen molar-refractivity contribution in [3.05, 3.63) is 0 Å².